The van der Waals surface area contributed by atoms with Crippen molar-refractivity contribution >= 4 is 22.8 Å². The number of rotatable bonds is 9. The summed E-state index contributed by atoms with van der Waals surface area (Å²) in [4.78, 5) is 24.3. The van der Waals surface area contributed by atoms with Crippen LogP contribution in [0.15, 0.2) is 61.3 Å². The molecular weight excluding hydrogens is 472 g/mol. The quantitative estimate of drug-likeness (QED) is 0.306. The van der Waals surface area contributed by atoms with E-state index in [0.717, 1.165) is 29.0 Å². The van der Waals surface area contributed by atoms with Gasteiger partial charge in [-0.2, -0.15) is 5.10 Å². The van der Waals surface area contributed by atoms with Gasteiger partial charge in [0.05, 0.1) is 30.3 Å². The molecule has 1 fully saturated rings. The van der Waals surface area contributed by atoms with Crippen molar-refractivity contribution < 1.29 is 15.0 Å². The van der Waals surface area contributed by atoms with Gasteiger partial charge in [-0.05, 0) is 43.2 Å². The zero-order valence-electron chi connectivity index (χ0n) is 20.8. The summed E-state index contributed by atoms with van der Waals surface area (Å²) >= 11 is 0. The monoisotopic (exact) mass is 504 g/mol. The van der Waals surface area contributed by atoms with Crippen molar-refractivity contribution in [2.24, 2.45) is 5.73 Å². The Morgan fingerprint density at radius 1 is 1.22 bits per heavy atom. The maximum Gasteiger partial charge on any atom is 0.231 e. The summed E-state index contributed by atoms with van der Waals surface area (Å²) in [6, 6.07) is 12.1. The van der Waals surface area contributed by atoms with Crippen LogP contribution in [0.25, 0.3) is 16.7 Å². The van der Waals surface area contributed by atoms with Crippen LogP contribution in [0.2, 0.25) is 0 Å². The first-order valence-electron chi connectivity index (χ1n) is 12.4. The Hall–Kier alpha value is -3.80. The van der Waals surface area contributed by atoms with Crippen LogP contribution in [0.5, 0.6) is 0 Å². The van der Waals surface area contributed by atoms with Crippen LogP contribution in [0.3, 0.4) is 0 Å². The second kappa shape index (κ2) is 10.3. The van der Waals surface area contributed by atoms with Crippen molar-refractivity contribution in [2.45, 2.75) is 38.1 Å². The van der Waals surface area contributed by atoms with Crippen molar-refractivity contribution in [3.8, 4) is 5.69 Å². The molecule has 0 aliphatic carbocycles. The number of aliphatic hydroxyl groups is 2. The summed E-state index contributed by atoms with van der Waals surface area (Å²) in [6.07, 6.45) is 6.37. The van der Waals surface area contributed by atoms with Crippen molar-refractivity contribution in [3.05, 3.63) is 66.9 Å². The van der Waals surface area contributed by atoms with Gasteiger partial charge < -0.3 is 25.4 Å². The minimum atomic E-state index is -1.34. The minimum absolute atomic E-state index is 0.0645. The highest BCUT2D eigenvalue weighted by Crippen LogP contribution is 2.29. The predicted octanol–water partition coefficient (Wildman–Crippen LogP) is 0.926. The fourth-order valence-electron chi connectivity index (χ4n) is 4.97. The number of carbonyl (C=O) groups is 1. The van der Waals surface area contributed by atoms with Gasteiger partial charge in [-0.1, -0.05) is 12.1 Å². The highest BCUT2D eigenvalue weighted by molar-refractivity contribution is 5.87. The molecule has 1 saturated heterocycles. The third kappa shape index (κ3) is 5.19. The van der Waals surface area contributed by atoms with Gasteiger partial charge in [0.15, 0.2) is 0 Å². The molecule has 4 heterocycles. The Morgan fingerprint density at radius 2 is 2.03 bits per heavy atom. The van der Waals surface area contributed by atoms with Gasteiger partial charge in [-0.3, -0.25) is 9.69 Å². The second-order valence-electron chi connectivity index (χ2n) is 9.58. The van der Waals surface area contributed by atoms with Gasteiger partial charge in [0, 0.05) is 44.8 Å². The molecule has 3 aromatic heterocycles. The van der Waals surface area contributed by atoms with Gasteiger partial charge in [-0.25, -0.2) is 14.6 Å². The molecule has 37 heavy (non-hydrogen) atoms. The number of fused-ring (bicyclic) bond motifs is 1. The molecule has 2 atom stereocenters. The molecule has 4 aromatic rings. The second-order valence-corrected chi connectivity index (χ2v) is 9.58. The lowest BCUT2D eigenvalue weighted by Crippen LogP contribution is -2.58. The predicted molar refractivity (Wildman–Crippen MR) is 139 cm³/mol. The fourth-order valence-corrected chi connectivity index (χ4v) is 4.97. The van der Waals surface area contributed by atoms with Crippen molar-refractivity contribution in [1.29, 1.82) is 0 Å². The van der Waals surface area contributed by atoms with E-state index in [1.54, 1.807) is 11.1 Å². The van der Waals surface area contributed by atoms with Crippen LogP contribution in [-0.2, 0) is 17.9 Å². The lowest BCUT2D eigenvalue weighted by Gasteiger charge is -2.42. The third-order valence-corrected chi connectivity index (χ3v) is 7.03. The van der Waals surface area contributed by atoms with Gasteiger partial charge in [0.2, 0.25) is 5.91 Å². The average molecular weight is 505 g/mol. The van der Waals surface area contributed by atoms with Gasteiger partial charge >= 0.3 is 0 Å². The number of amides is 1. The molecule has 11 nitrogen and oxygen atoms in total. The summed E-state index contributed by atoms with van der Waals surface area (Å²) < 4.78 is 3.69. The van der Waals surface area contributed by atoms with Gasteiger partial charge in [0.1, 0.15) is 23.4 Å². The maximum absolute atomic E-state index is 11.3. The number of nitrogens with zero attached hydrogens (tertiary/aromatic N) is 7. The molecule has 2 unspecified atom stereocenters. The number of nitrogens with two attached hydrogens (primary N) is 1. The summed E-state index contributed by atoms with van der Waals surface area (Å²) in [5.74, 6) is 0.360. The number of β-amino-alcohol motifs (C(OH)–C–C–N with tert-alkyl or cyclic N) is 1. The number of benzene rings is 1. The molecule has 5 rings (SSSR count). The Labute approximate surface area is 214 Å². The number of piperidine rings is 1. The average Bonchev–Trinajstić information content (AvgIpc) is 3.56. The summed E-state index contributed by atoms with van der Waals surface area (Å²) in [5.41, 5.74) is 6.78. The number of carbonyl (C=O) groups excluding carboxylic acids is 1. The molecule has 1 aromatic carbocycles. The van der Waals surface area contributed by atoms with Crippen LogP contribution < -0.4 is 10.6 Å². The molecule has 4 N–H and O–H groups in total. The fraction of sp³-hybridized carbons (Fsp3) is 0.385. The van der Waals surface area contributed by atoms with E-state index in [1.165, 1.54) is 6.33 Å². The molecular formula is C26H32N8O3. The number of hydrogen-bond donors (Lipinski definition) is 3. The number of primary amides is 1. The first kappa shape index (κ1) is 24.9. The van der Waals surface area contributed by atoms with Crippen molar-refractivity contribution in [2.75, 3.05) is 31.1 Å². The molecule has 0 radical (unpaired) electrons. The zero-order valence-corrected chi connectivity index (χ0v) is 20.8. The van der Waals surface area contributed by atoms with E-state index in [9.17, 15) is 15.0 Å². The molecule has 0 saturated carbocycles. The van der Waals surface area contributed by atoms with E-state index in [-0.39, 0.29) is 19.6 Å². The molecule has 1 aliphatic rings. The highest BCUT2D eigenvalue weighted by Gasteiger charge is 2.41. The number of hydrogen-bond acceptors (Lipinski definition) is 8. The number of aliphatic hydroxyl groups excluding tert-OH is 1. The molecule has 194 valence electrons. The lowest BCUT2D eigenvalue weighted by molar-refractivity contribution is -0.135. The van der Waals surface area contributed by atoms with Gasteiger partial charge in [-0.15, -0.1) is 0 Å². The third-order valence-electron chi connectivity index (χ3n) is 7.03. The van der Waals surface area contributed by atoms with E-state index >= 15 is 0 Å². The summed E-state index contributed by atoms with van der Waals surface area (Å²) in [5, 5.41) is 27.1. The van der Waals surface area contributed by atoms with E-state index in [2.05, 4.69) is 39.0 Å². The summed E-state index contributed by atoms with van der Waals surface area (Å²) in [7, 11) is 0. The van der Waals surface area contributed by atoms with E-state index in [1.807, 2.05) is 45.9 Å². The zero-order chi connectivity index (χ0) is 26.0. The van der Waals surface area contributed by atoms with E-state index in [4.69, 9.17) is 5.73 Å². The molecule has 1 aliphatic heterocycles. The van der Waals surface area contributed by atoms with Crippen LogP contribution in [0, 0.1) is 0 Å². The topological polar surface area (TPSA) is 139 Å². The van der Waals surface area contributed by atoms with Crippen LogP contribution in [0.4, 0.5) is 5.82 Å². The molecule has 11 heteroatoms. The standard InChI is InChI=1S/C26H32N8O3/c1-2-32(14-19-4-6-20(7-5-19)34-11-3-10-30-34)24-21-8-12-33(25(21)29-18-28-24)17-26(37)9-13-31(15-22(26)35)16-23(27)36/h3-8,10-12,18,22,35,37H,2,9,13-17H2,1H3,(H2,27,36). The largest absolute Gasteiger partial charge is 0.389 e. The Morgan fingerprint density at radius 3 is 2.70 bits per heavy atom. The first-order chi connectivity index (χ1) is 17.9. The molecule has 0 bridgehead atoms. The Balaban J connectivity index is 1.34. The number of anilines is 1. The minimum Gasteiger partial charge on any atom is -0.389 e. The Bertz CT molecular complexity index is 1350. The maximum atomic E-state index is 11.3. The summed E-state index contributed by atoms with van der Waals surface area (Å²) in [6.45, 7) is 4.40. The van der Waals surface area contributed by atoms with Crippen molar-refractivity contribution in [3.63, 3.8) is 0 Å². The van der Waals surface area contributed by atoms with Crippen molar-refractivity contribution in [1.82, 2.24) is 29.2 Å². The normalized spacial score (nSPS) is 20.4. The van der Waals surface area contributed by atoms with Crippen LogP contribution in [0.1, 0.15) is 18.9 Å². The number of likely N-dealkylation sites (tertiary alicyclic amines) is 1. The van der Waals surface area contributed by atoms with E-state index < -0.39 is 17.6 Å². The molecule has 1 amide bonds. The van der Waals surface area contributed by atoms with E-state index in [0.29, 0.717) is 25.2 Å². The smallest absolute Gasteiger partial charge is 0.231 e. The SMILES string of the molecule is CCN(Cc1ccc(-n2cccn2)cc1)c1ncnc2c1ccn2CC1(O)CCN(CC(N)=O)CC1O. The van der Waals surface area contributed by atoms with Crippen LogP contribution in [-0.4, -0.2) is 83.2 Å². The van der Waals surface area contributed by atoms with Gasteiger partial charge in [0.25, 0.3) is 0 Å². The lowest BCUT2D eigenvalue weighted by atomic mass is 9.88. The van der Waals surface area contributed by atoms with Crippen LogP contribution >= 0.6 is 0 Å². The Kier molecular flexibility index (Phi) is 6.92. The highest BCUT2D eigenvalue weighted by atomic mass is 16.3. The molecule has 0 spiro atoms. The number of aromatic nitrogens is 5. The first-order valence-corrected chi connectivity index (χ1v) is 12.4.